The maximum absolute atomic E-state index is 11.6. The van der Waals surface area contributed by atoms with Crippen molar-refractivity contribution in [3.63, 3.8) is 0 Å². The number of carbonyl (C=O) groups excluding carboxylic acids is 2. The lowest BCUT2D eigenvalue weighted by atomic mass is 10.0. The zero-order valence-corrected chi connectivity index (χ0v) is 9.46. The van der Waals surface area contributed by atoms with Gasteiger partial charge in [0.05, 0.1) is 0 Å². The Morgan fingerprint density at radius 1 is 1.53 bits per heavy atom. The monoisotopic (exact) mass is 212 g/mol. The Morgan fingerprint density at radius 2 is 2.13 bits per heavy atom. The summed E-state index contributed by atoms with van der Waals surface area (Å²) in [5, 5.41) is 3.69. The summed E-state index contributed by atoms with van der Waals surface area (Å²) < 4.78 is 5.14. The smallest absolute Gasteiger partial charge is 0.355 e. The van der Waals surface area contributed by atoms with Crippen molar-refractivity contribution >= 4 is 17.6 Å². The lowest BCUT2D eigenvalue weighted by Crippen LogP contribution is -2.38. The van der Waals surface area contributed by atoms with E-state index in [1.165, 1.54) is 0 Å². The Hall–Kier alpha value is -1.39. The van der Waals surface area contributed by atoms with E-state index in [-0.39, 0.29) is 17.5 Å². The van der Waals surface area contributed by atoms with Crippen LogP contribution < -0.4 is 5.43 Å². The van der Waals surface area contributed by atoms with E-state index < -0.39 is 11.6 Å². The first-order valence-electron chi connectivity index (χ1n) is 4.89. The van der Waals surface area contributed by atoms with Crippen LogP contribution >= 0.6 is 0 Å². The quantitative estimate of drug-likeness (QED) is 0.655. The highest BCUT2D eigenvalue weighted by molar-refractivity contribution is 6.37. The number of nitrogens with one attached hydrogen (secondary N) is 1. The van der Waals surface area contributed by atoms with Gasteiger partial charge in [-0.05, 0) is 20.8 Å². The Kier molecular flexibility index (Phi) is 3.12. The molecule has 0 aromatic rings. The average Bonchev–Trinajstić information content (AvgIpc) is 2.06. The zero-order chi connectivity index (χ0) is 11.6. The Labute approximate surface area is 88.9 Å². The highest BCUT2D eigenvalue weighted by atomic mass is 16.6. The normalized spacial score (nSPS) is 21.7. The molecule has 1 amide bonds. The van der Waals surface area contributed by atoms with Gasteiger partial charge < -0.3 is 4.74 Å². The molecule has 1 aliphatic rings. The molecule has 1 atom stereocenters. The number of esters is 1. The molecule has 5 nitrogen and oxygen atoms in total. The number of amides is 1. The summed E-state index contributed by atoms with van der Waals surface area (Å²) in [7, 11) is 0. The van der Waals surface area contributed by atoms with E-state index in [9.17, 15) is 9.59 Å². The molecule has 0 aromatic heterocycles. The van der Waals surface area contributed by atoms with Gasteiger partial charge in [0.1, 0.15) is 11.3 Å². The molecule has 84 valence electrons. The molecule has 5 heteroatoms. The molecule has 0 saturated heterocycles. The minimum atomic E-state index is -0.537. The molecule has 0 fully saturated rings. The van der Waals surface area contributed by atoms with Gasteiger partial charge in [0.25, 0.3) is 0 Å². The third-order valence-corrected chi connectivity index (χ3v) is 1.88. The summed E-state index contributed by atoms with van der Waals surface area (Å²) >= 11 is 0. The fourth-order valence-electron chi connectivity index (χ4n) is 1.13. The number of hydrazone groups is 1. The summed E-state index contributed by atoms with van der Waals surface area (Å²) in [4.78, 5) is 22.6. The highest BCUT2D eigenvalue weighted by Gasteiger charge is 2.28. The van der Waals surface area contributed by atoms with Crippen molar-refractivity contribution in [2.45, 2.75) is 39.7 Å². The third kappa shape index (κ3) is 3.34. The van der Waals surface area contributed by atoms with Crippen molar-refractivity contribution < 1.29 is 14.3 Å². The molecule has 0 aliphatic carbocycles. The second-order valence-electron chi connectivity index (χ2n) is 4.64. The fraction of sp³-hybridized carbons (Fsp3) is 0.700. The van der Waals surface area contributed by atoms with Crippen LogP contribution in [0, 0.1) is 5.92 Å². The van der Waals surface area contributed by atoms with Gasteiger partial charge >= 0.3 is 5.97 Å². The van der Waals surface area contributed by atoms with Crippen molar-refractivity contribution in [3.8, 4) is 0 Å². The van der Waals surface area contributed by atoms with Crippen molar-refractivity contribution in [3.05, 3.63) is 0 Å². The van der Waals surface area contributed by atoms with Crippen LogP contribution in [0.2, 0.25) is 0 Å². The second kappa shape index (κ2) is 4.00. The summed E-state index contributed by atoms with van der Waals surface area (Å²) in [6.07, 6.45) is 0.334. The molecule has 0 spiro atoms. The minimum Gasteiger partial charge on any atom is -0.455 e. The van der Waals surface area contributed by atoms with Gasteiger partial charge in [-0.25, -0.2) is 10.2 Å². The molecule has 0 saturated carbocycles. The first-order valence-corrected chi connectivity index (χ1v) is 4.89. The first kappa shape index (κ1) is 11.7. The van der Waals surface area contributed by atoms with Gasteiger partial charge in [0, 0.05) is 12.3 Å². The lowest BCUT2D eigenvalue weighted by molar-refractivity contribution is -0.146. The van der Waals surface area contributed by atoms with Gasteiger partial charge in [-0.15, -0.1) is 0 Å². The highest BCUT2D eigenvalue weighted by Crippen LogP contribution is 2.13. The van der Waals surface area contributed by atoms with Crippen LogP contribution in [0.5, 0.6) is 0 Å². The predicted octanol–water partition coefficient (Wildman–Crippen LogP) is 0.840. The number of ether oxygens (including phenoxy) is 1. The fourth-order valence-corrected chi connectivity index (χ4v) is 1.13. The van der Waals surface area contributed by atoms with E-state index in [0.29, 0.717) is 6.42 Å². The standard InChI is InChI=1S/C10H16N2O3/c1-6-5-7(11-12-8(6)13)9(14)15-10(2,3)4/h6H,5H2,1-4H3,(H,12,13)/t6-/m0/s1. The van der Waals surface area contributed by atoms with Crippen LogP contribution in [0.3, 0.4) is 0 Å². The van der Waals surface area contributed by atoms with Crippen molar-refractivity contribution in [2.75, 3.05) is 0 Å². The summed E-state index contributed by atoms with van der Waals surface area (Å²) in [6, 6.07) is 0. The van der Waals surface area contributed by atoms with Crippen molar-refractivity contribution in [1.29, 1.82) is 0 Å². The molecule has 1 N–H and O–H groups in total. The zero-order valence-electron chi connectivity index (χ0n) is 9.46. The van der Waals surface area contributed by atoms with Gasteiger partial charge in [-0.1, -0.05) is 6.92 Å². The Bertz CT molecular complexity index is 315. The van der Waals surface area contributed by atoms with Gasteiger partial charge in [-0.3, -0.25) is 4.79 Å². The minimum absolute atomic E-state index is 0.165. The van der Waals surface area contributed by atoms with Crippen molar-refractivity contribution in [1.82, 2.24) is 5.43 Å². The SMILES string of the molecule is C[C@H]1CC(C(=O)OC(C)(C)C)=NNC1=O. The van der Waals surface area contributed by atoms with E-state index in [1.54, 1.807) is 27.7 Å². The molecular formula is C10H16N2O3. The molecule has 0 bridgehead atoms. The second-order valence-corrected chi connectivity index (χ2v) is 4.64. The molecule has 1 aliphatic heterocycles. The van der Waals surface area contributed by atoms with Crippen LogP contribution in [0.4, 0.5) is 0 Å². The molecule has 1 rings (SSSR count). The number of carbonyl (C=O) groups is 2. The van der Waals surface area contributed by atoms with Crippen LogP contribution in [-0.4, -0.2) is 23.2 Å². The maximum atomic E-state index is 11.6. The largest absolute Gasteiger partial charge is 0.455 e. The summed E-state index contributed by atoms with van der Waals surface area (Å²) in [5.74, 6) is -0.860. The molecule has 0 unspecified atom stereocenters. The number of rotatable bonds is 1. The van der Waals surface area contributed by atoms with Crippen LogP contribution in [0.1, 0.15) is 34.1 Å². The molecule has 0 radical (unpaired) electrons. The molecule has 0 aromatic carbocycles. The number of hydrogen-bond acceptors (Lipinski definition) is 4. The summed E-state index contributed by atoms with van der Waals surface area (Å²) in [5.41, 5.74) is 2.03. The van der Waals surface area contributed by atoms with Crippen LogP contribution in [0.25, 0.3) is 0 Å². The van der Waals surface area contributed by atoms with Gasteiger partial charge in [0.2, 0.25) is 5.91 Å². The number of nitrogens with zero attached hydrogens (tertiary/aromatic N) is 1. The third-order valence-electron chi connectivity index (χ3n) is 1.88. The molecular weight excluding hydrogens is 196 g/mol. The lowest BCUT2D eigenvalue weighted by Gasteiger charge is -2.22. The Balaban J connectivity index is 2.66. The van der Waals surface area contributed by atoms with E-state index >= 15 is 0 Å². The van der Waals surface area contributed by atoms with E-state index in [2.05, 4.69) is 10.5 Å². The van der Waals surface area contributed by atoms with Crippen LogP contribution in [0.15, 0.2) is 5.10 Å². The van der Waals surface area contributed by atoms with E-state index in [0.717, 1.165) is 0 Å². The number of hydrogen-bond donors (Lipinski definition) is 1. The van der Waals surface area contributed by atoms with E-state index in [1.807, 2.05) is 0 Å². The summed E-state index contributed by atoms with van der Waals surface area (Å²) in [6.45, 7) is 7.11. The van der Waals surface area contributed by atoms with Gasteiger partial charge in [0.15, 0.2) is 0 Å². The average molecular weight is 212 g/mol. The predicted molar refractivity (Wildman–Crippen MR) is 55.2 cm³/mol. The maximum Gasteiger partial charge on any atom is 0.355 e. The molecule has 15 heavy (non-hydrogen) atoms. The molecule has 1 heterocycles. The first-order chi connectivity index (χ1) is 6.79. The van der Waals surface area contributed by atoms with Gasteiger partial charge in [-0.2, -0.15) is 5.10 Å². The van der Waals surface area contributed by atoms with Crippen molar-refractivity contribution in [2.24, 2.45) is 11.0 Å². The topological polar surface area (TPSA) is 67.8 Å². The Morgan fingerprint density at radius 3 is 2.60 bits per heavy atom. The van der Waals surface area contributed by atoms with Crippen LogP contribution in [-0.2, 0) is 14.3 Å². The van der Waals surface area contributed by atoms with E-state index in [4.69, 9.17) is 4.74 Å².